The maximum absolute atomic E-state index is 13.1. The van der Waals surface area contributed by atoms with E-state index in [-0.39, 0.29) is 5.95 Å². The largest absolute Gasteiger partial charge is 0.236 e. The van der Waals surface area contributed by atoms with Gasteiger partial charge in [0.15, 0.2) is 0 Å². The molecule has 1 aromatic heterocycles. The summed E-state index contributed by atoms with van der Waals surface area (Å²) < 4.78 is 15.0. The smallest absolute Gasteiger partial charge is 0.226 e. The highest BCUT2D eigenvalue weighted by atomic mass is 79.9. The Balaban J connectivity index is 2.29. The molecule has 1 saturated carbocycles. The molecular formula is C7H8BrFN2. The van der Waals surface area contributed by atoms with Crippen molar-refractivity contribution in [2.45, 2.75) is 25.3 Å². The fraction of sp³-hybridized carbons (Fsp3) is 0.571. The van der Waals surface area contributed by atoms with E-state index in [1.54, 1.807) is 0 Å². The van der Waals surface area contributed by atoms with E-state index in [4.69, 9.17) is 0 Å². The lowest BCUT2D eigenvalue weighted by Crippen LogP contribution is -2.19. The molecule has 0 saturated heterocycles. The Labute approximate surface area is 72.5 Å². The summed E-state index contributed by atoms with van der Waals surface area (Å²) in [6, 6.07) is 0.307. The molecule has 0 radical (unpaired) electrons. The van der Waals surface area contributed by atoms with E-state index in [2.05, 4.69) is 21.0 Å². The van der Waals surface area contributed by atoms with E-state index in [0.717, 1.165) is 12.8 Å². The van der Waals surface area contributed by atoms with E-state index >= 15 is 0 Å². The molecule has 0 bridgehead atoms. The molecule has 0 amide bonds. The Morgan fingerprint density at radius 1 is 1.64 bits per heavy atom. The fourth-order valence-electron chi connectivity index (χ4n) is 1.21. The number of nitrogens with zero attached hydrogens (tertiary/aromatic N) is 2. The van der Waals surface area contributed by atoms with E-state index in [1.807, 2.05) is 0 Å². The van der Waals surface area contributed by atoms with Crippen molar-refractivity contribution >= 4 is 15.9 Å². The van der Waals surface area contributed by atoms with Gasteiger partial charge in [0.05, 0.1) is 16.7 Å². The predicted molar refractivity (Wildman–Crippen MR) is 42.8 cm³/mol. The number of hydrogen-bond donors (Lipinski definition) is 0. The normalized spacial score (nSPS) is 18.4. The molecular weight excluding hydrogens is 211 g/mol. The van der Waals surface area contributed by atoms with Crippen LogP contribution in [0.5, 0.6) is 0 Å². The average Bonchev–Trinajstić information content (AvgIpc) is 2.15. The molecule has 2 rings (SSSR count). The summed E-state index contributed by atoms with van der Waals surface area (Å²) >= 11 is 3.08. The Bertz CT molecular complexity index is 267. The van der Waals surface area contributed by atoms with E-state index in [9.17, 15) is 4.39 Å². The summed E-state index contributed by atoms with van der Waals surface area (Å²) in [5.74, 6) is -0.241. The molecule has 0 atom stereocenters. The molecule has 0 spiro atoms. The van der Waals surface area contributed by atoms with E-state index in [0.29, 0.717) is 10.5 Å². The number of halogens is 2. The van der Waals surface area contributed by atoms with Crippen molar-refractivity contribution in [3.05, 3.63) is 16.6 Å². The van der Waals surface area contributed by atoms with Gasteiger partial charge in [-0.2, -0.15) is 9.49 Å². The molecule has 0 aromatic carbocycles. The third-order valence-corrected chi connectivity index (χ3v) is 2.65. The monoisotopic (exact) mass is 218 g/mol. The van der Waals surface area contributed by atoms with Gasteiger partial charge in [0.25, 0.3) is 0 Å². The van der Waals surface area contributed by atoms with Crippen molar-refractivity contribution in [2.24, 2.45) is 0 Å². The first-order chi connectivity index (χ1) is 5.29. The zero-order chi connectivity index (χ0) is 7.84. The summed E-state index contributed by atoms with van der Waals surface area (Å²) in [6.07, 6.45) is 4.82. The molecule has 4 heteroatoms. The lowest BCUT2D eigenvalue weighted by atomic mass is 9.93. The van der Waals surface area contributed by atoms with Gasteiger partial charge >= 0.3 is 0 Å². The first kappa shape index (κ1) is 7.28. The standard InChI is InChI=1S/C7H8BrFN2/c8-6-4-10-11(7(6)9)5-2-1-3-5/h4-5H,1-3H2. The second kappa shape index (κ2) is 2.59. The van der Waals surface area contributed by atoms with Crippen molar-refractivity contribution in [3.8, 4) is 0 Å². The number of rotatable bonds is 1. The van der Waals surface area contributed by atoms with Crippen LogP contribution in [-0.4, -0.2) is 9.78 Å². The third-order valence-electron chi connectivity index (χ3n) is 2.11. The van der Waals surface area contributed by atoms with Crippen LogP contribution in [0.2, 0.25) is 0 Å². The first-order valence-corrected chi connectivity index (χ1v) is 4.47. The van der Waals surface area contributed by atoms with Crippen molar-refractivity contribution in [2.75, 3.05) is 0 Å². The SMILES string of the molecule is Fc1c(Br)cnn1C1CCC1. The quantitative estimate of drug-likeness (QED) is 0.709. The highest BCUT2D eigenvalue weighted by Crippen LogP contribution is 2.32. The molecule has 0 unspecified atom stereocenters. The second-order valence-electron chi connectivity index (χ2n) is 2.81. The lowest BCUT2D eigenvalue weighted by molar-refractivity contribution is 0.256. The average molecular weight is 219 g/mol. The van der Waals surface area contributed by atoms with Crippen LogP contribution in [0, 0.1) is 5.95 Å². The Morgan fingerprint density at radius 3 is 2.73 bits per heavy atom. The Morgan fingerprint density at radius 2 is 2.36 bits per heavy atom. The minimum absolute atomic E-state index is 0.241. The van der Waals surface area contributed by atoms with Crippen LogP contribution in [0.1, 0.15) is 25.3 Å². The topological polar surface area (TPSA) is 17.8 Å². The van der Waals surface area contributed by atoms with Gasteiger partial charge in [-0.05, 0) is 35.2 Å². The van der Waals surface area contributed by atoms with Crippen LogP contribution in [0.4, 0.5) is 4.39 Å². The molecule has 1 heterocycles. The highest BCUT2D eigenvalue weighted by Gasteiger charge is 2.23. The van der Waals surface area contributed by atoms with Crippen LogP contribution in [0.3, 0.4) is 0 Å². The van der Waals surface area contributed by atoms with Crippen molar-refractivity contribution < 1.29 is 4.39 Å². The van der Waals surface area contributed by atoms with E-state index < -0.39 is 0 Å². The summed E-state index contributed by atoms with van der Waals surface area (Å²) in [7, 11) is 0. The van der Waals surface area contributed by atoms with Crippen molar-refractivity contribution in [1.82, 2.24) is 9.78 Å². The van der Waals surface area contributed by atoms with Crippen LogP contribution >= 0.6 is 15.9 Å². The van der Waals surface area contributed by atoms with Crippen molar-refractivity contribution in [1.29, 1.82) is 0 Å². The summed E-state index contributed by atoms with van der Waals surface area (Å²) in [6.45, 7) is 0. The van der Waals surface area contributed by atoms with Gasteiger partial charge in [-0.25, -0.2) is 4.68 Å². The molecule has 0 N–H and O–H groups in total. The van der Waals surface area contributed by atoms with Gasteiger partial charge in [0.2, 0.25) is 5.95 Å². The van der Waals surface area contributed by atoms with Gasteiger partial charge < -0.3 is 0 Å². The van der Waals surface area contributed by atoms with Crippen LogP contribution < -0.4 is 0 Å². The molecule has 1 aliphatic carbocycles. The number of hydrogen-bond acceptors (Lipinski definition) is 1. The molecule has 2 nitrogen and oxygen atoms in total. The van der Waals surface area contributed by atoms with E-state index in [1.165, 1.54) is 17.3 Å². The molecule has 0 aliphatic heterocycles. The van der Waals surface area contributed by atoms with Crippen molar-refractivity contribution in [3.63, 3.8) is 0 Å². The zero-order valence-corrected chi connectivity index (χ0v) is 7.51. The number of aromatic nitrogens is 2. The Kier molecular flexibility index (Phi) is 1.71. The van der Waals surface area contributed by atoms with Gasteiger partial charge in [-0.1, -0.05) is 0 Å². The highest BCUT2D eigenvalue weighted by molar-refractivity contribution is 9.10. The predicted octanol–water partition coefficient (Wildman–Crippen LogP) is 2.51. The molecule has 1 fully saturated rings. The minimum Gasteiger partial charge on any atom is -0.236 e. The van der Waals surface area contributed by atoms with Gasteiger partial charge in [0, 0.05) is 0 Å². The summed E-state index contributed by atoms with van der Waals surface area (Å²) in [4.78, 5) is 0. The zero-order valence-electron chi connectivity index (χ0n) is 5.93. The third kappa shape index (κ3) is 1.09. The maximum atomic E-state index is 13.1. The lowest BCUT2D eigenvalue weighted by Gasteiger charge is -2.25. The molecule has 1 aromatic rings. The first-order valence-electron chi connectivity index (χ1n) is 3.67. The maximum Gasteiger partial charge on any atom is 0.226 e. The second-order valence-corrected chi connectivity index (χ2v) is 3.67. The van der Waals surface area contributed by atoms with Gasteiger partial charge in [-0.3, -0.25) is 0 Å². The molecule has 11 heavy (non-hydrogen) atoms. The van der Waals surface area contributed by atoms with Crippen LogP contribution in [0.15, 0.2) is 10.7 Å². The summed E-state index contributed by atoms with van der Waals surface area (Å²) in [5, 5.41) is 3.93. The van der Waals surface area contributed by atoms with Crippen LogP contribution in [0.25, 0.3) is 0 Å². The molecule has 60 valence electrons. The molecule has 1 aliphatic rings. The fourth-order valence-corrected chi connectivity index (χ4v) is 1.49. The van der Waals surface area contributed by atoms with Gasteiger partial charge in [0.1, 0.15) is 0 Å². The minimum atomic E-state index is -0.241. The van der Waals surface area contributed by atoms with Crippen LogP contribution in [-0.2, 0) is 0 Å². The van der Waals surface area contributed by atoms with Gasteiger partial charge in [-0.15, -0.1) is 0 Å². The summed E-state index contributed by atoms with van der Waals surface area (Å²) in [5.41, 5.74) is 0. The Hall–Kier alpha value is -0.380.